The van der Waals surface area contributed by atoms with E-state index in [0.717, 1.165) is 72.0 Å². The third-order valence-corrected chi connectivity index (χ3v) is 7.36. The van der Waals surface area contributed by atoms with Crippen LogP contribution in [0.1, 0.15) is 55.2 Å². The minimum Gasteiger partial charge on any atom is -0.359 e. The van der Waals surface area contributed by atoms with Crippen molar-refractivity contribution in [3.63, 3.8) is 0 Å². The number of aromatic amines is 1. The first-order valence-electron chi connectivity index (χ1n) is 11.4. The topological polar surface area (TPSA) is 44.9 Å². The summed E-state index contributed by atoms with van der Waals surface area (Å²) in [5.74, 6) is 0.253. The lowest BCUT2D eigenvalue weighted by Crippen LogP contribution is -2.47. The number of rotatable bonds is 6. The van der Waals surface area contributed by atoms with E-state index < -0.39 is 11.7 Å². The average molecular weight is 441 g/mol. The number of anilines is 1. The van der Waals surface area contributed by atoms with Crippen molar-refractivity contribution in [1.82, 2.24) is 4.98 Å². The van der Waals surface area contributed by atoms with Crippen molar-refractivity contribution in [2.24, 2.45) is 11.3 Å². The Hall–Kier alpha value is -2.76. The maximum atomic E-state index is 12.7. The first-order valence-corrected chi connectivity index (χ1v) is 11.4. The van der Waals surface area contributed by atoms with Gasteiger partial charge in [0.15, 0.2) is 0 Å². The molecule has 0 saturated heterocycles. The van der Waals surface area contributed by atoms with Crippen molar-refractivity contribution in [2.45, 2.75) is 57.5 Å². The Balaban J connectivity index is 1.18. The molecule has 2 aliphatic rings. The first kappa shape index (κ1) is 21.1. The van der Waals surface area contributed by atoms with E-state index in [-0.39, 0.29) is 11.8 Å². The summed E-state index contributed by atoms with van der Waals surface area (Å²) in [5, 5.41) is 4.12. The summed E-state index contributed by atoms with van der Waals surface area (Å²) in [6, 6.07) is 11.6. The van der Waals surface area contributed by atoms with E-state index in [1.807, 2.05) is 12.3 Å². The van der Waals surface area contributed by atoms with Crippen molar-refractivity contribution in [3.8, 4) is 0 Å². The Bertz CT molecular complexity index is 1120. The van der Waals surface area contributed by atoms with Crippen LogP contribution in [0.15, 0.2) is 48.7 Å². The van der Waals surface area contributed by atoms with E-state index in [1.54, 1.807) is 12.1 Å². The van der Waals surface area contributed by atoms with Gasteiger partial charge in [0.25, 0.3) is 0 Å². The van der Waals surface area contributed by atoms with Crippen LogP contribution in [-0.4, -0.2) is 10.9 Å². The fourth-order valence-corrected chi connectivity index (χ4v) is 5.27. The van der Waals surface area contributed by atoms with Crippen molar-refractivity contribution in [1.29, 1.82) is 0 Å². The number of alkyl halides is 3. The van der Waals surface area contributed by atoms with Crippen LogP contribution in [0.5, 0.6) is 0 Å². The van der Waals surface area contributed by atoms with E-state index in [4.69, 9.17) is 0 Å². The van der Waals surface area contributed by atoms with Crippen LogP contribution in [0, 0.1) is 11.3 Å². The molecular weight excluding hydrogens is 413 g/mol. The number of H-pyrrole nitrogens is 1. The predicted molar refractivity (Wildman–Crippen MR) is 119 cm³/mol. The van der Waals surface area contributed by atoms with E-state index in [0.29, 0.717) is 5.41 Å². The monoisotopic (exact) mass is 440 g/mol. The molecule has 2 saturated carbocycles. The van der Waals surface area contributed by atoms with Gasteiger partial charge in [-0.3, -0.25) is 4.79 Å². The maximum Gasteiger partial charge on any atom is 0.416 e. The molecule has 1 heterocycles. The number of nitrogens with one attached hydrogen (secondary N) is 2. The van der Waals surface area contributed by atoms with Crippen LogP contribution in [0.3, 0.4) is 0 Å². The van der Waals surface area contributed by atoms with Gasteiger partial charge >= 0.3 is 6.18 Å². The van der Waals surface area contributed by atoms with Gasteiger partial charge in [-0.2, -0.15) is 13.2 Å². The van der Waals surface area contributed by atoms with Gasteiger partial charge in [0.05, 0.1) is 11.3 Å². The molecule has 0 atom stereocenters. The number of aryl methyl sites for hydroxylation is 2. The summed E-state index contributed by atoms with van der Waals surface area (Å²) in [7, 11) is 0. The molecule has 1 aromatic heterocycles. The Kier molecular flexibility index (Phi) is 5.26. The molecule has 0 unspecified atom stereocenters. The second-order valence-electron chi connectivity index (χ2n) is 9.58. The number of benzene rings is 2. The Labute approximate surface area is 185 Å². The second kappa shape index (κ2) is 7.98. The van der Waals surface area contributed by atoms with Crippen molar-refractivity contribution in [3.05, 3.63) is 65.4 Å². The van der Waals surface area contributed by atoms with Crippen LogP contribution in [0.2, 0.25) is 0 Å². The standard InChI is InChI=1S/C26H27F3N2O/c27-26(28,29)20-8-5-17(6-9-20)3-1-4-18-7-10-22-21(13-18)23(16-30-22)31-24(32)19-14-25(15-19)11-2-12-25/h5-10,13,16,19,30H,1-4,11-12,14-15H2,(H,31,32). The highest BCUT2D eigenvalue weighted by molar-refractivity contribution is 6.02. The number of carbonyl (C=O) groups excluding carboxylic acids is 1. The quantitative estimate of drug-likeness (QED) is 0.431. The molecule has 2 fully saturated rings. The molecule has 0 aliphatic heterocycles. The number of carbonyl (C=O) groups is 1. The smallest absolute Gasteiger partial charge is 0.359 e. The van der Waals surface area contributed by atoms with Gasteiger partial charge in [0, 0.05) is 23.0 Å². The van der Waals surface area contributed by atoms with Crippen LogP contribution >= 0.6 is 0 Å². The SMILES string of the molecule is O=C(Nc1c[nH]c2ccc(CCCc3ccc(C(F)(F)F)cc3)cc12)C1CC2(CCC2)C1. The summed E-state index contributed by atoms with van der Waals surface area (Å²) >= 11 is 0. The van der Waals surface area contributed by atoms with Crippen molar-refractivity contribution in [2.75, 3.05) is 5.32 Å². The number of halogens is 3. The summed E-state index contributed by atoms with van der Waals surface area (Å²) in [4.78, 5) is 15.9. The minimum atomic E-state index is -4.30. The fourth-order valence-electron chi connectivity index (χ4n) is 5.27. The van der Waals surface area contributed by atoms with Gasteiger partial charge < -0.3 is 10.3 Å². The highest BCUT2D eigenvalue weighted by Crippen LogP contribution is 2.58. The van der Waals surface area contributed by atoms with E-state index in [1.165, 1.54) is 19.3 Å². The van der Waals surface area contributed by atoms with Gasteiger partial charge in [-0.25, -0.2) is 0 Å². The molecule has 1 spiro atoms. The molecule has 2 aromatic carbocycles. The molecule has 5 rings (SSSR count). The van der Waals surface area contributed by atoms with Gasteiger partial charge in [0.1, 0.15) is 0 Å². The van der Waals surface area contributed by atoms with Gasteiger partial charge in [-0.05, 0) is 85.8 Å². The molecule has 0 bridgehead atoms. The highest BCUT2D eigenvalue weighted by Gasteiger charge is 2.50. The third-order valence-electron chi connectivity index (χ3n) is 7.36. The molecule has 3 aromatic rings. The van der Waals surface area contributed by atoms with Gasteiger partial charge in [-0.1, -0.05) is 24.6 Å². The Morgan fingerprint density at radius 3 is 2.38 bits per heavy atom. The first-order chi connectivity index (χ1) is 15.3. The summed E-state index contributed by atoms with van der Waals surface area (Å²) < 4.78 is 38.1. The molecular formula is C26H27F3N2O. The normalized spacial score (nSPS) is 17.8. The number of hydrogen-bond acceptors (Lipinski definition) is 1. The van der Waals surface area contributed by atoms with Crippen LogP contribution in [0.25, 0.3) is 10.9 Å². The second-order valence-corrected chi connectivity index (χ2v) is 9.58. The van der Waals surface area contributed by atoms with Crippen molar-refractivity contribution >= 4 is 22.5 Å². The molecule has 168 valence electrons. The molecule has 1 amide bonds. The lowest BCUT2D eigenvalue weighted by atomic mass is 9.51. The highest BCUT2D eigenvalue weighted by atomic mass is 19.4. The van der Waals surface area contributed by atoms with E-state index in [2.05, 4.69) is 22.4 Å². The Morgan fingerprint density at radius 1 is 1.03 bits per heavy atom. The number of hydrogen-bond donors (Lipinski definition) is 2. The maximum absolute atomic E-state index is 12.7. The largest absolute Gasteiger partial charge is 0.416 e. The zero-order valence-electron chi connectivity index (χ0n) is 17.9. The molecule has 32 heavy (non-hydrogen) atoms. The number of aromatic nitrogens is 1. The average Bonchev–Trinajstić information content (AvgIpc) is 3.08. The number of fused-ring (bicyclic) bond motifs is 1. The molecule has 3 nitrogen and oxygen atoms in total. The van der Waals surface area contributed by atoms with Crippen LogP contribution in [0.4, 0.5) is 18.9 Å². The molecule has 2 N–H and O–H groups in total. The zero-order valence-corrected chi connectivity index (χ0v) is 17.9. The summed E-state index contributed by atoms with van der Waals surface area (Å²) in [5.41, 5.74) is 3.72. The van der Waals surface area contributed by atoms with E-state index >= 15 is 0 Å². The lowest BCUT2D eigenvalue weighted by molar-refractivity contribution is -0.137. The van der Waals surface area contributed by atoms with Crippen LogP contribution in [-0.2, 0) is 23.8 Å². The molecule has 2 aliphatic carbocycles. The molecule has 0 radical (unpaired) electrons. The number of amides is 1. The Morgan fingerprint density at radius 2 is 1.72 bits per heavy atom. The third kappa shape index (κ3) is 4.15. The van der Waals surface area contributed by atoms with Gasteiger partial charge in [-0.15, -0.1) is 0 Å². The summed E-state index contributed by atoms with van der Waals surface area (Å²) in [6.07, 6.45) is 5.84. The van der Waals surface area contributed by atoms with Crippen molar-refractivity contribution < 1.29 is 18.0 Å². The lowest BCUT2D eigenvalue weighted by Gasteiger charge is -2.53. The minimum absolute atomic E-state index is 0.121. The van der Waals surface area contributed by atoms with Crippen LogP contribution < -0.4 is 5.32 Å². The van der Waals surface area contributed by atoms with E-state index in [9.17, 15) is 18.0 Å². The summed E-state index contributed by atoms with van der Waals surface area (Å²) in [6.45, 7) is 0. The fraction of sp³-hybridized carbons (Fsp3) is 0.423. The molecule has 6 heteroatoms. The zero-order chi connectivity index (χ0) is 22.3. The predicted octanol–water partition coefficient (Wildman–Crippen LogP) is 6.88. The van der Waals surface area contributed by atoms with Gasteiger partial charge in [0.2, 0.25) is 5.91 Å².